The number of hydrogen-bond acceptors (Lipinski definition) is 3. The van der Waals surface area contributed by atoms with Gasteiger partial charge in [0.05, 0.1) is 6.04 Å². The summed E-state index contributed by atoms with van der Waals surface area (Å²) < 4.78 is 0. The Labute approximate surface area is 138 Å². The van der Waals surface area contributed by atoms with E-state index in [1.165, 1.54) is 5.56 Å². The number of amides is 3. The van der Waals surface area contributed by atoms with Crippen LogP contribution in [0.5, 0.6) is 0 Å². The van der Waals surface area contributed by atoms with Gasteiger partial charge in [-0.15, -0.1) is 0 Å². The number of likely N-dealkylation sites (tertiary alicyclic amines) is 1. The fourth-order valence-electron chi connectivity index (χ4n) is 2.89. The van der Waals surface area contributed by atoms with Crippen LogP contribution in [0.1, 0.15) is 45.6 Å². The van der Waals surface area contributed by atoms with Gasteiger partial charge in [-0.1, -0.05) is 30.3 Å². The zero-order chi connectivity index (χ0) is 17.0. The fraction of sp³-hybridized carbons (Fsp3) is 0.556. The number of hydrogen-bond donors (Lipinski definition) is 2. The molecule has 1 aliphatic rings. The first-order valence-corrected chi connectivity index (χ1v) is 8.18. The Hall–Kier alpha value is -1.88. The van der Waals surface area contributed by atoms with E-state index < -0.39 is 6.03 Å². The highest BCUT2D eigenvalue weighted by Crippen LogP contribution is 2.28. The van der Waals surface area contributed by atoms with Crippen LogP contribution in [0.25, 0.3) is 0 Å². The molecule has 0 bridgehead atoms. The Bertz CT molecular complexity index is 551. The first-order chi connectivity index (χ1) is 10.8. The highest BCUT2D eigenvalue weighted by Gasteiger charge is 2.31. The van der Waals surface area contributed by atoms with Crippen molar-refractivity contribution in [2.45, 2.75) is 51.6 Å². The molecule has 0 saturated carbocycles. The number of nitrogens with zero attached hydrogens (tertiary/aromatic N) is 1. The summed E-state index contributed by atoms with van der Waals surface area (Å²) in [5.41, 5.74) is 0.952. The minimum atomic E-state index is -0.437. The van der Waals surface area contributed by atoms with Gasteiger partial charge in [0, 0.05) is 12.1 Å². The molecule has 0 radical (unpaired) electrons. The van der Waals surface area contributed by atoms with Crippen molar-refractivity contribution in [3.63, 3.8) is 0 Å². The van der Waals surface area contributed by atoms with Crippen molar-refractivity contribution in [1.29, 1.82) is 0 Å². The number of rotatable bonds is 3. The molecule has 2 unspecified atom stereocenters. The zero-order valence-electron chi connectivity index (χ0n) is 14.4. The molecular weight excluding hydrogens is 290 g/mol. The first-order valence-electron chi connectivity index (χ1n) is 8.18. The molecule has 0 aliphatic carbocycles. The predicted molar refractivity (Wildman–Crippen MR) is 91.3 cm³/mol. The lowest BCUT2D eigenvalue weighted by molar-refractivity contribution is -0.124. The standard InChI is InChI=1S/C18H27N3O2/c1-13(16(22)19-17(23)20-18(2,3)4)21-11-10-15(12-21)14-8-6-5-7-9-14/h5-9,13,15H,10-12H2,1-4H3,(H2,19,20,22,23). The molecule has 3 amide bonds. The van der Waals surface area contributed by atoms with Gasteiger partial charge in [0.1, 0.15) is 0 Å². The Morgan fingerprint density at radius 1 is 1.22 bits per heavy atom. The molecule has 5 heteroatoms. The van der Waals surface area contributed by atoms with Gasteiger partial charge < -0.3 is 5.32 Å². The van der Waals surface area contributed by atoms with Crippen LogP contribution in [0.2, 0.25) is 0 Å². The van der Waals surface area contributed by atoms with Gasteiger partial charge in [0.25, 0.3) is 0 Å². The predicted octanol–water partition coefficient (Wildman–Crippen LogP) is 2.49. The third-order valence-corrected chi connectivity index (χ3v) is 4.14. The number of carbonyl (C=O) groups excluding carboxylic acids is 2. The second-order valence-electron chi connectivity index (χ2n) is 7.26. The van der Waals surface area contributed by atoms with E-state index in [9.17, 15) is 9.59 Å². The van der Waals surface area contributed by atoms with Gasteiger partial charge in [-0.3, -0.25) is 15.0 Å². The monoisotopic (exact) mass is 317 g/mol. The summed E-state index contributed by atoms with van der Waals surface area (Å²) in [7, 11) is 0. The second kappa shape index (κ2) is 7.13. The van der Waals surface area contributed by atoms with Crippen molar-refractivity contribution in [1.82, 2.24) is 15.5 Å². The summed E-state index contributed by atoms with van der Waals surface area (Å²) in [5.74, 6) is 0.204. The van der Waals surface area contributed by atoms with Gasteiger partial charge in [-0.2, -0.15) is 0 Å². The Morgan fingerprint density at radius 2 is 1.87 bits per heavy atom. The largest absolute Gasteiger partial charge is 0.333 e. The van der Waals surface area contributed by atoms with Gasteiger partial charge in [0.2, 0.25) is 5.91 Å². The van der Waals surface area contributed by atoms with Crippen molar-refractivity contribution in [3.05, 3.63) is 35.9 Å². The topological polar surface area (TPSA) is 61.4 Å². The zero-order valence-corrected chi connectivity index (χ0v) is 14.4. The quantitative estimate of drug-likeness (QED) is 0.900. The maximum absolute atomic E-state index is 12.3. The van der Waals surface area contributed by atoms with E-state index in [0.717, 1.165) is 19.5 Å². The lowest BCUT2D eigenvalue weighted by Crippen LogP contribution is -2.52. The highest BCUT2D eigenvalue weighted by molar-refractivity contribution is 5.97. The molecular formula is C18H27N3O2. The minimum Gasteiger partial charge on any atom is -0.333 e. The second-order valence-corrected chi connectivity index (χ2v) is 7.26. The van der Waals surface area contributed by atoms with E-state index in [0.29, 0.717) is 5.92 Å². The van der Waals surface area contributed by atoms with Crippen LogP contribution < -0.4 is 10.6 Å². The SMILES string of the molecule is CC(C(=O)NC(=O)NC(C)(C)C)N1CCC(c2ccccc2)C1. The van der Waals surface area contributed by atoms with E-state index in [1.807, 2.05) is 45.9 Å². The Kier molecular flexibility index (Phi) is 5.42. The molecule has 126 valence electrons. The molecule has 1 heterocycles. The number of urea groups is 1. The normalized spacial score (nSPS) is 20.1. The van der Waals surface area contributed by atoms with E-state index in [4.69, 9.17) is 0 Å². The number of nitrogens with one attached hydrogen (secondary N) is 2. The lowest BCUT2D eigenvalue weighted by atomic mass is 9.99. The Balaban J connectivity index is 1.87. The van der Waals surface area contributed by atoms with Crippen LogP contribution in [0.3, 0.4) is 0 Å². The molecule has 2 N–H and O–H groups in total. The van der Waals surface area contributed by atoms with Gasteiger partial charge >= 0.3 is 6.03 Å². The molecule has 2 atom stereocenters. The van der Waals surface area contributed by atoms with Crippen molar-refractivity contribution < 1.29 is 9.59 Å². The van der Waals surface area contributed by atoms with Crippen molar-refractivity contribution >= 4 is 11.9 Å². The molecule has 23 heavy (non-hydrogen) atoms. The molecule has 2 rings (SSSR count). The molecule has 1 aromatic carbocycles. The van der Waals surface area contributed by atoms with Crippen LogP contribution in [-0.2, 0) is 4.79 Å². The molecule has 0 spiro atoms. The van der Waals surface area contributed by atoms with Crippen LogP contribution in [0.4, 0.5) is 4.79 Å². The van der Waals surface area contributed by atoms with Gasteiger partial charge in [0.15, 0.2) is 0 Å². The van der Waals surface area contributed by atoms with Gasteiger partial charge in [-0.25, -0.2) is 4.79 Å². The summed E-state index contributed by atoms with van der Waals surface area (Å²) in [4.78, 5) is 26.2. The first kappa shape index (κ1) is 17.5. The van der Waals surface area contributed by atoms with Crippen molar-refractivity contribution in [2.24, 2.45) is 0 Å². The molecule has 5 nitrogen and oxygen atoms in total. The summed E-state index contributed by atoms with van der Waals surface area (Å²) in [5, 5.41) is 5.18. The summed E-state index contributed by atoms with van der Waals surface area (Å²) >= 11 is 0. The third kappa shape index (κ3) is 5.06. The molecule has 0 aromatic heterocycles. The van der Waals surface area contributed by atoms with Crippen molar-refractivity contribution in [3.8, 4) is 0 Å². The molecule has 1 saturated heterocycles. The summed E-state index contributed by atoms with van der Waals surface area (Å²) in [6.45, 7) is 9.21. The smallest absolute Gasteiger partial charge is 0.321 e. The maximum Gasteiger partial charge on any atom is 0.321 e. The van der Waals surface area contributed by atoms with Crippen molar-refractivity contribution in [2.75, 3.05) is 13.1 Å². The summed E-state index contributed by atoms with van der Waals surface area (Å²) in [6, 6.07) is 9.63. The van der Waals surface area contributed by atoms with E-state index in [2.05, 4.69) is 27.7 Å². The fourth-order valence-corrected chi connectivity index (χ4v) is 2.89. The van der Waals surface area contributed by atoms with Crippen LogP contribution in [0.15, 0.2) is 30.3 Å². The van der Waals surface area contributed by atoms with E-state index in [-0.39, 0.29) is 17.5 Å². The van der Waals surface area contributed by atoms with E-state index >= 15 is 0 Å². The van der Waals surface area contributed by atoms with Crippen LogP contribution in [0, 0.1) is 0 Å². The minimum absolute atomic E-state index is 0.250. The Morgan fingerprint density at radius 3 is 2.48 bits per heavy atom. The van der Waals surface area contributed by atoms with Crippen LogP contribution in [-0.4, -0.2) is 41.5 Å². The van der Waals surface area contributed by atoms with Gasteiger partial charge in [-0.05, 0) is 52.1 Å². The van der Waals surface area contributed by atoms with E-state index in [1.54, 1.807) is 0 Å². The third-order valence-electron chi connectivity index (χ3n) is 4.14. The number of benzene rings is 1. The molecule has 1 aromatic rings. The highest BCUT2D eigenvalue weighted by atomic mass is 16.2. The molecule has 1 fully saturated rings. The summed E-state index contributed by atoms with van der Waals surface area (Å²) in [6.07, 6.45) is 1.04. The van der Waals surface area contributed by atoms with Crippen LogP contribution >= 0.6 is 0 Å². The average molecular weight is 317 g/mol. The average Bonchev–Trinajstić information content (AvgIpc) is 2.95. The lowest BCUT2D eigenvalue weighted by Gasteiger charge is -2.25. The number of imide groups is 1. The number of carbonyl (C=O) groups is 2. The maximum atomic E-state index is 12.3. The molecule has 1 aliphatic heterocycles.